The van der Waals surface area contributed by atoms with Crippen molar-refractivity contribution in [2.45, 2.75) is 75.0 Å². The van der Waals surface area contributed by atoms with E-state index >= 15 is 0 Å². The van der Waals surface area contributed by atoms with Crippen LogP contribution in [0.4, 0.5) is 17.1 Å². The van der Waals surface area contributed by atoms with E-state index < -0.39 is 32.0 Å². The number of carboxylic acids is 2. The van der Waals surface area contributed by atoms with Crippen molar-refractivity contribution in [3.8, 4) is 0 Å². The van der Waals surface area contributed by atoms with Crippen molar-refractivity contribution in [2.75, 3.05) is 40.7 Å². The molecule has 8 aromatic rings. The lowest BCUT2D eigenvalue weighted by molar-refractivity contribution is 0.0686. The zero-order valence-corrected chi connectivity index (χ0v) is 43.4. The van der Waals surface area contributed by atoms with Crippen LogP contribution in [-0.2, 0) is 45.7 Å². The summed E-state index contributed by atoms with van der Waals surface area (Å²) in [5.74, 6) is -1.91. The molecule has 0 unspecified atom stereocenters. The lowest BCUT2D eigenvalue weighted by Crippen LogP contribution is -2.33. The second-order valence-electron chi connectivity index (χ2n) is 18.2. The summed E-state index contributed by atoms with van der Waals surface area (Å²) in [5, 5.41) is 21.8. The Bertz CT molecular complexity index is 3410. The topological polar surface area (TPSA) is 153 Å². The van der Waals surface area contributed by atoms with Crippen molar-refractivity contribution in [1.29, 1.82) is 0 Å². The molecule has 0 saturated carbocycles. The molecule has 8 rings (SSSR count). The molecular formula is C60H63N3O8S2. The number of sulfonamides is 2. The van der Waals surface area contributed by atoms with E-state index in [-0.39, 0.29) is 16.0 Å². The zero-order valence-electron chi connectivity index (χ0n) is 41.8. The minimum Gasteiger partial charge on any atom is -0.478 e. The van der Waals surface area contributed by atoms with Gasteiger partial charge in [0.25, 0.3) is 20.0 Å². The molecule has 8 aromatic carbocycles. The largest absolute Gasteiger partial charge is 0.478 e. The highest BCUT2D eigenvalue weighted by atomic mass is 32.2. The number of hydrogen-bond donors (Lipinski definition) is 2. The zero-order chi connectivity index (χ0) is 52.1. The Balaban J connectivity index is 0.000000214. The van der Waals surface area contributed by atoms with Crippen LogP contribution >= 0.6 is 0 Å². The van der Waals surface area contributed by atoms with Gasteiger partial charge in [-0.25, -0.2) is 26.4 Å². The first-order valence-corrected chi connectivity index (χ1v) is 27.6. The predicted octanol–water partition coefficient (Wildman–Crippen LogP) is 12.7. The summed E-state index contributed by atoms with van der Waals surface area (Å²) in [7, 11) is -3.73. The van der Waals surface area contributed by atoms with E-state index in [2.05, 4.69) is 6.92 Å². The van der Waals surface area contributed by atoms with Crippen LogP contribution in [0, 0.1) is 0 Å². The first kappa shape index (κ1) is 53.3. The van der Waals surface area contributed by atoms with E-state index in [0.29, 0.717) is 60.4 Å². The maximum Gasteiger partial charge on any atom is 0.335 e. The Morgan fingerprint density at radius 2 is 0.904 bits per heavy atom. The number of carbonyl (C=O) groups is 2. The number of aromatic carboxylic acids is 2. The van der Waals surface area contributed by atoms with Crippen LogP contribution in [0.1, 0.15) is 82.5 Å². The Morgan fingerprint density at radius 3 is 1.41 bits per heavy atom. The Labute approximate surface area is 430 Å². The van der Waals surface area contributed by atoms with Gasteiger partial charge in [0, 0.05) is 43.6 Å². The number of aryl methyl sites for hydroxylation is 4. The molecule has 0 amide bonds. The molecule has 2 N–H and O–H groups in total. The third kappa shape index (κ3) is 12.8. The van der Waals surface area contributed by atoms with Gasteiger partial charge in [-0.2, -0.15) is 0 Å². The van der Waals surface area contributed by atoms with Gasteiger partial charge in [-0.15, -0.1) is 0 Å². The fourth-order valence-corrected chi connectivity index (χ4v) is 12.2. The predicted molar refractivity (Wildman–Crippen MR) is 296 cm³/mol. The Morgan fingerprint density at radius 1 is 0.452 bits per heavy atom. The molecule has 11 nitrogen and oxygen atoms in total. The number of para-hydroxylation sites is 2. The van der Waals surface area contributed by atoms with E-state index in [1.165, 1.54) is 0 Å². The fourth-order valence-electron chi connectivity index (χ4n) is 8.91. The van der Waals surface area contributed by atoms with Crippen molar-refractivity contribution < 1.29 is 36.6 Å². The van der Waals surface area contributed by atoms with Crippen molar-refractivity contribution in [1.82, 2.24) is 0 Å². The average molecular weight is 1020 g/mol. The lowest BCUT2D eigenvalue weighted by Gasteiger charge is -2.28. The molecule has 0 aliphatic carbocycles. The van der Waals surface area contributed by atoms with Gasteiger partial charge < -0.3 is 15.1 Å². The van der Waals surface area contributed by atoms with Gasteiger partial charge in [-0.3, -0.25) is 8.61 Å². The van der Waals surface area contributed by atoms with E-state index in [0.717, 1.165) is 69.8 Å². The molecule has 0 fully saturated rings. The van der Waals surface area contributed by atoms with Crippen LogP contribution in [0.15, 0.2) is 186 Å². The average Bonchev–Trinajstić information content (AvgIpc) is 3.40. The van der Waals surface area contributed by atoms with Crippen LogP contribution in [0.5, 0.6) is 0 Å². The summed E-state index contributed by atoms with van der Waals surface area (Å²) in [4.78, 5) is 24.9. The van der Waals surface area contributed by atoms with Crippen LogP contribution in [0.2, 0.25) is 0 Å². The van der Waals surface area contributed by atoms with Crippen molar-refractivity contribution >= 4 is 70.6 Å². The van der Waals surface area contributed by atoms with Crippen LogP contribution < -0.4 is 13.5 Å². The minimum atomic E-state index is -3.87. The van der Waals surface area contributed by atoms with Gasteiger partial charge in [0.15, 0.2) is 0 Å². The van der Waals surface area contributed by atoms with E-state index in [4.69, 9.17) is 10.2 Å². The maximum atomic E-state index is 14.3. The van der Waals surface area contributed by atoms with Crippen molar-refractivity contribution in [3.63, 3.8) is 0 Å². The molecule has 73 heavy (non-hydrogen) atoms. The molecule has 0 heterocycles. The van der Waals surface area contributed by atoms with E-state index in [9.17, 15) is 26.4 Å². The van der Waals surface area contributed by atoms with Crippen LogP contribution in [0.3, 0.4) is 0 Å². The molecule has 378 valence electrons. The standard InChI is InChI=1S/C31H34N2O4S.C29H29NO4S/c1-4-5-22-33(38(36,37)30-15-9-11-26-27(30)12-8-14-29(26)32(2)3)28-13-7-6-10-24(28)19-16-23-17-20-25(21-18-23)31(34)35;1-2-3-20-30(35(33,34)27-19-18-23-8-4-5-10-26(23)21-27)28-11-7-6-9-24(28)15-12-22-13-16-25(17-14-22)29(31)32/h6-15,17-18,20-21H,4-5,16,19,22H2,1-3H3,(H,34,35);4-11,13-14,16-19,21H,2-3,12,15,20H2,1H3,(H,31,32). The summed E-state index contributed by atoms with van der Waals surface area (Å²) < 4.78 is 59.5. The van der Waals surface area contributed by atoms with Gasteiger partial charge in [0.1, 0.15) is 0 Å². The number of unbranched alkanes of at least 4 members (excludes halogenated alkanes) is 2. The lowest BCUT2D eigenvalue weighted by atomic mass is 10.0. The van der Waals surface area contributed by atoms with E-state index in [1.807, 2.05) is 159 Å². The molecule has 0 spiro atoms. The summed E-state index contributed by atoms with van der Waals surface area (Å²) >= 11 is 0. The molecule has 0 aliphatic rings. The second kappa shape index (κ2) is 24.3. The summed E-state index contributed by atoms with van der Waals surface area (Å²) in [5.41, 5.74) is 6.72. The Kier molecular flexibility index (Phi) is 17.7. The number of hydrogen-bond acceptors (Lipinski definition) is 7. The normalized spacial score (nSPS) is 11.5. The van der Waals surface area contributed by atoms with Crippen molar-refractivity contribution in [3.05, 3.63) is 209 Å². The first-order valence-electron chi connectivity index (χ1n) is 24.7. The highest BCUT2D eigenvalue weighted by Crippen LogP contribution is 2.36. The molecule has 0 aromatic heterocycles. The number of anilines is 3. The Hall–Kier alpha value is -7.48. The summed E-state index contributed by atoms with van der Waals surface area (Å²) in [6.45, 7) is 4.88. The SMILES string of the molecule is CCCCN(c1ccccc1CCc1ccc(C(=O)O)cc1)S(=O)(=O)c1ccc2ccccc2c1.CCCCN(c1ccccc1CCc1ccc(C(=O)O)cc1)S(=O)(=O)c1cccc2c(N(C)C)cccc12. The maximum absolute atomic E-state index is 14.3. The quantitative estimate of drug-likeness (QED) is 0.0716. The summed E-state index contributed by atoms with van der Waals surface area (Å²) in [6.07, 6.45) is 5.83. The smallest absolute Gasteiger partial charge is 0.335 e. The van der Waals surface area contributed by atoms with Gasteiger partial charge in [-0.05, 0) is 132 Å². The molecule has 0 radical (unpaired) electrons. The highest BCUT2D eigenvalue weighted by molar-refractivity contribution is 7.93. The number of rotatable bonds is 21. The second-order valence-corrected chi connectivity index (χ2v) is 21.8. The van der Waals surface area contributed by atoms with Gasteiger partial charge in [0.05, 0.1) is 32.3 Å². The van der Waals surface area contributed by atoms with Gasteiger partial charge in [0.2, 0.25) is 0 Å². The molecule has 0 atom stereocenters. The third-order valence-electron chi connectivity index (χ3n) is 12.9. The number of nitrogens with zero attached hydrogens (tertiary/aromatic N) is 3. The first-order chi connectivity index (χ1) is 35.1. The minimum absolute atomic E-state index is 0.249. The molecule has 0 saturated heterocycles. The third-order valence-corrected chi connectivity index (χ3v) is 16.6. The number of benzene rings is 8. The number of carboxylic acid groups (broad SMARTS) is 2. The molecule has 0 bridgehead atoms. The van der Waals surface area contributed by atoms with Gasteiger partial charge >= 0.3 is 11.9 Å². The van der Waals surface area contributed by atoms with Crippen LogP contribution in [-0.4, -0.2) is 66.2 Å². The monoisotopic (exact) mass is 1020 g/mol. The number of fused-ring (bicyclic) bond motifs is 2. The van der Waals surface area contributed by atoms with Crippen LogP contribution in [0.25, 0.3) is 21.5 Å². The molecule has 0 aliphatic heterocycles. The fraction of sp³-hybridized carbons (Fsp3) is 0.233. The van der Waals surface area contributed by atoms with Crippen molar-refractivity contribution in [2.24, 2.45) is 0 Å². The highest BCUT2D eigenvalue weighted by Gasteiger charge is 2.29. The van der Waals surface area contributed by atoms with Gasteiger partial charge in [-0.1, -0.05) is 142 Å². The molecule has 13 heteroatoms. The van der Waals surface area contributed by atoms with E-state index in [1.54, 1.807) is 51.1 Å². The molecular weight excluding hydrogens is 955 g/mol. The summed E-state index contributed by atoms with van der Waals surface area (Å²) in [6, 6.07) is 53.2.